The molecule has 0 radical (unpaired) electrons. The first-order chi connectivity index (χ1) is 8.76. The number of nitrogens with one attached hydrogen (secondary N) is 1. The Kier molecular flexibility index (Phi) is 3.20. The number of nitrogens with two attached hydrogens (primary N) is 1. The Bertz CT molecular complexity index is 658. The van der Waals surface area contributed by atoms with Crippen molar-refractivity contribution >= 4 is 22.5 Å². The molecule has 0 saturated heterocycles. The Labute approximate surface area is 110 Å². The lowest BCUT2D eigenvalue weighted by Gasteiger charge is -2.25. The van der Waals surface area contributed by atoms with Crippen LogP contribution in [0.5, 0.6) is 0 Å². The van der Waals surface area contributed by atoms with E-state index >= 15 is 0 Å². The third-order valence-electron chi connectivity index (χ3n) is 2.70. The molecule has 1 heterocycles. The first-order valence-electron chi connectivity index (χ1n) is 5.99. The molecule has 4 N–H and O–H groups in total. The standard InChI is InChI=1S/C13H18N4O2/c1-13(2,19)7-17(3)12-15-10-5-4-8(14)6-9(10)11(18)16-12/h4-6,19H,7,14H2,1-3H3,(H,15,16,18). The lowest BCUT2D eigenvalue weighted by atomic mass is 10.1. The lowest BCUT2D eigenvalue weighted by Crippen LogP contribution is -2.37. The van der Waals surface area contributed by atoms with Crippen LogP contribution in [0.4, 0.5) is 11.6 Å². The quantitative estimate of drug-likeness (QED) is 0.708. The summed E-state index contributed by atoms with van der Waals surface area (Å²) in [4.78, 5) is 20.7. The number of rotatable bonds is 3. The van der Waals surface area contributed by atoms with Crippen LogP contribution in [-0.2, 0) is 0 Å². The molecule has 1 aromatic carbocycles. The molecule has 0 aliphatic heterocycles. The highest BCUT2D eigenvalue weighted by molar-refractivity contribution is 5.81. The van der Waals surface area contributed by atoms with Gasteiger partial charge < -0.3 is 15.7 Å². The number of H-pyrrole nitrogens is 1. The SMILES string of the molecule is CN(CC(C)(C)O)c1nc2ccc(N)cc2c(=O)[nH]1. The highest BCUT2D eigenvalue weighted by atomic mass is 16.3. The Morgan fingerprint density at radius 3 is 2.79 bits per heavy atom. The number of aromatic nitrogens is 2. The average Bonchev–Trinajstić information content (AvgIpc) is 2.27. The fourth-order valence-electron chi connectivity index (χ4n) is 1.98. The summed E-state index contributed by atoms with van der Waals surface area (Å²) < 4.78 is 0. The molecule has 0 amide bonds. The Balaban J connectivity index is 2.46. The van der Waals surface area contributed by atoms with Crippen LogP contribution in [0.2, 0.25) is 0 Å². The van der Waals surface area contributed by atoms with Crippen LogP contribution in [0, 0.1) is 0 Å². The van der Waals surface area contributed by atoms with Crippen molar-refractivity contribution in [2.75, 3.05) is 24.2 Å². The third kappa shape index (κ3) is 3.03. The van der Waals surface area contributed by atoms with Crippen LogP contribution >= 0.6 is 0 Å². The van der Waals surface area contributed by atoms with Crippen molar-refractivity contribution in [2.45, 2.75) is 19.4 Å². The van der Waals surface area contributed by atoms with E-state index in [2.05, 4.69) is 9.97 Å². The van der Waals surface area contributed by atoms with E-state index in [-0.39, 0.29) is 5.56 Å². The largest absolute Gasteiger partial charge is 0.399 e. The monoisotopic (exact) mass is 262 g/mol. The van der Waals surface area contributed by atoms with Crippen molar-refractivity contribution in [3.05, 3.63) is 28.6 Å². The van der Waals surface area contributed by atoms with Crippen LogP contribution in [0.3, 0.4) is 0 Å². The molecule has 0 saturated carbocycles. The van der Waals surface area contributed by atoms with Gasteiger partial charge in [-0.15, -0.1) is 0 Å². The zero-order valence-electron chi connectivity index (χ0n) is 11.3. The number of aliphatic hydroxyl groups is 1. The summed E-state index contributed by atoms with van der Waals surface area (Å²) in [6.07, 6.45) is 0. The van der Waals surface area contributed by atoms with Crippen molar-refractivity contribution in [2.24, 2.45) is 0 Å². The van der Waals surface area contributed by atoms with Gasteiger partial charge in [0, 0.05) is 19.3 Å². The van der Waals surface area contributed by atoms with Gasteiger partial charge in [-0.25, -0.2) is 4.98 Å². The van der Waals surface area contributed by atoms with Crippen LogP contribution in [0.1, 0.15) is 13.8 Å². The summed E-state index contributed by atoms with van der Waals surface area (Å²) in [6.45, 7) is 3.75. The number of nitrogens with zero attached hydrogens (tertiary/aromatic N) is 2. The first-order valence-corrected chi connectivity index (χ1v) is 5.99. The minimum atomic E-state index is -0.872. The molecule has 0 aliphatic carbocycles. The van der Waals surface area contributed by atoms with Gasteiger partial charge in [-0.2, -0.15) is 0 Å². The number of benzene rings is 1. The minimum absolute atomic E-state index is 0.241. The van der Waals surface area contributed by atoms with Gasteiger partial charge in [0.05, 0.1) is 16.5 Å². The maximum absolute atomic E-state index is 12.0. The normalized spacial score (nSPS) is 11.8. The molecule has 0 fully saturated rings. The van der Waals surface area contributed by atoms with E-state index in [0.29, 0.717) is 29.1 Å². The van der Waals surface area contributed by atoms with Crippen molar-refractivity contribution in [3.8, 4) is 0 Å². The molecule has 1 aromatic heterocycles. The van der Waals surface area contributed by atoms with E-state index < -0.39 is 5.60 Å². The molecule has 19 heavy (non-hydrogen) atoms. The van der Waals surface area contributed by atoms with Crippen LogP contribution in [0.15, 0.2) is 23.0 Å². The summed E-state index contributed by atoms with van der Waals surface area (Å²) in [6, 6.07) is 5.01. The van der Waals surface area contributed by atoms with Gasteiger partial charge in [-0.05, 0) is 32.0 Å². The van der Waals surface area contributed by atoms with Crippen molar-refractivity contribution in [1.82, 2.24) is 9.97 Å². The second-order valence-corrected chi connectivity index (χ2v) is 5.33. The van der Waals surface area contributed by atoms with Crippen molar-refractivity contribution in [3.63, 3.8) is 0 Å². The second-order valence-electron chi connectivity index (χ2n) is 5.33. The van der Waals surface area contributed by atoms with E-state index in [1.165, 1.54) is 0 Å². The minimum Gasteiger partial charge on any atom is -0.399 e. The molecule has 0 aliphatic rings. The third-order valence-corrected chi connectivity index (χ3v) is 2.70. The highest BCUT2D eigenvalue weighted by Crippen LogP contribution is 2.15. The van der Waals surface area contributed by atoms with E-state index in [1.807, 2.05) is 0 Å². The molecule has 2 aromatic rings. The molecule has 102 valence electrons. The first kappa shape index (κ1) is 13.4. The summed E-state index contributed by atoms with van der Waals surface area (Å²) in [5.41, 5.74) is 5.64. The summed E-state index contributed by atoms with van der Waals surface area (Å²) in [7, 11) is 1.76. The average molecular weight is 262 g/mol. The van der Waals surface area contributed by atoms with Gasteiger partial charge in [0.15, 0.2) is 0 Å². The predicted molar refractivity (Wildman–Crippen MR) is 76.3 cm³/mol. The molecule has 6 heteroatoms. The van der Waals surface area contributed by atoms with E-state index in [4.69, 9.17) is 5.73 Å². The second kappa shape index (κ2) is 4.55. The van der Waals surface area contributed by atoms with Gasteiger partial charge in [-0.3, -0.25) is 9.78 Å². The molecule has 0 atom stereocenters. The molecule has 2 rings (SSSR count). The summed E-state index contributed by atoms with van der Waals surface area (Å²) >= 11 is 0. The van der Waals surface area contributed by atoms with E-state index in [9.17, 15) is 9.90 Å². The van der Waals surface area contributed by atoms with Crippen LogP contribution in [-0.4, -0.2) is 34.3 Å². The number of nitrogen functional groups attached to an aromatic ring is 1. The molecular formula is C13H18N4O2. The van der Waals surface area contributed by atoms with Gasteiger partial charge in [0.2, 0.25) is 5.95 Å². The van der Waals surface area contributed by atoms with Gasteiger partial charge in [0.25, 0.3) is 5.56 Å². The topological polar surface area (TPSA) is 95.2 Å². The van der Waals surface area contributed by atoms with E-state index in [1.54, 1.807) is 44.0 Å². The Morgan fingerprint density at radius 1 is 1.47 bits per heavy atom. The Morgan fingerprint density at radius 2 is 2.16 bits per heavy atom. The zero-order chi connectivity index (χ0) is 14.2. The number of hydrogen-bond donors (Lipinski definition) is 3. The number of anilines is 2. The maximum atomic E-state index is 12.0. The maximum Gasteiger partial charge on any atom is 0.260 e. The lowest BCUT2D eigenvalue weighted by molar-refractivity contribution is 0.0883. The van der Waals surface area contributed by atoms with Gasteiger partial charge in [0.1, 0.15) is 0 Å². The van der Waals surface area contributed by atoms with Gasteiger partial charge in [-0.1, -0.05) is 0 Å². The number of hydrogen-bond acceptors (Lipinski definition) is 5. The molecular weight excluding hydrogens is 244 g/mol. The van der Waals surface area contributed by atoms with E-state index in [0.717, 1.165) is 0 Å². The number of likely N-dealkylation sites (N-methyl/N-ethyl adjacent to an activating group) is 1. The van der Waals surface area contributed by atoms with Crippen molar-refractivity contribution < 1.29 is 5.11 Å². The molecule has 6 nitrogen and oxygen atoms in total. The highest BCUT2D eigenvalue weighted by Gasteiger charge is 2.17. The van der Waals surface area contributed by atoms with Gasteiger partial charge >= 0.3 is 0 Å². The Hall–Kier alpha value is -2.08. The number of aromatic amines is 1. The zero-order valence-corrected chi connectivity index (χ0v) is 11.3. The molecule has 0 spiro atoms. The fourth-order valence-corrected chi connectivity index (χ4v) is 1.98. The molecule has 0 unspecified atom stereocenters. The number of fused-ring (bicyclic) bond motifs is 1. The molecule has 0 bridgehead atoms. The smallest absolute Gasteiger partial charge is 0.260 e. The summed E-state index contributed by atoms with van der Waals surface area (Å²) in [5, 5.41) is 10.2. The van der Waals surface area contributed by atoms with Crippen molar-refractivity contribution in [1.29, 1.82) is 0 Å². The van der Waals surface area contributed by atoms with Crippen LogP contribution < -0.4 is 16.2 Å². The van der Waals surface area contributed by atoms with Crippen LogP contribution in [0.25, 0.3) is 10.9 Å². The fraction of sp³-hybridized carbons (Fsp3) is 0.385. The summed E-state index contributed by atoms with van der Waals surface area (Å²) in [5.74, 6) is 0.421. The predicted octanol–water partition coefficient (Wildman–Crippen LogP) is 0.712.